The van der Waals surface area contributed by atoms with E-state index in [4.69, 9.17) is 4.74 Å². The van der Waals surface area contributed by atoms with Gasteiger partial charge in [0.1, 0.15) is 5.76 Å². The van der Waals surface area contributed by atoms with Crippen LogP contribution in [0.25, 0.3) is 5.76 Å². The molecule has 10 heteroatoms. The Kier molecular flexibility index (Phi) is 5.70. The number of Topliss-reactive ketones (excluding diaryl/α,β-unsaturated/α-hetero) is 1. The number of aliphatic hydroxyl groups is 1. The summed E-state index contributed by atoms with van der Waals surface area (Å²) in [6.45, 7) is 3.66. The zero-order valence-electron chi connectivity index (χ0n) is 17.1. The number of likely N-dealkylation sites (tertiary alicyclic amines) is 1. The number of ketones is 1. The van der Waals surface area contributed by atoms with E-state index in [0.717, 1.165) is 0 Å². The number of nitro groups is 1. The Morgan fingerprint density at radius 3 is 2.60 bits per heavy atom. The maximum Gasteiger partial charge on any atom is 0.295 e. The third kappa shape index (κ3) is 3.45. The molecule has 1 unspecified atom stereocenters. The molecule has 1 aliphatic heterocycles. The minimum Gasteiger partial charge on any atom is -0.507 e. The fraction of sp³-hybridized carbons (Fsp3) is 0.350. The van der Waals surface area contributed by atoms with Crippen LogP contribution in [0.3, 0.4) is 0 Å². The number of aryl methyl sites for hydroxylation is 2. The number of aromatic nitrogens is 2. The quantitative estimate of drug-likeness (QED) is 0.252. The number of ether oxygens (including phenoxy) is 1. The van der Waals surface area contributed by atoms with Gasteiger partial charge in [-0.15, -0.1) is 0 Å². The average Bonchev–Trinajstić information content (AvgIpc) is 3.11. The molecule has 1 aromatic heterocycles. The Labute approximate surface area is 172 Å². The third-order valence-corrected chi connectivity index (χ3v) is 5.22. The highest BCUT2D eigenvalue weighted by atomic mass is 16.6. The van der Waals surface area contributed by atoms with Crippen LogP contribution in [0.4, 0.5) is 5.69 Å². The number of nitro benzene ring substituents is 1. The molecule has 1 amide bonds. The number of aliphatic hydroxyl groups excluding tert-OH is 1. The van der Waals surface area contributed by atoms with Crippen molar-refractivity contribution in [3.63, 3.8) is 0 Å². The molecule has 1 atom stereocenters. The smallest absolute Gasteiger partial charge is 0.295 e. The van der Waals surface area contributed by atoms with Crippen molar-refractivity contribution < 1.29 is 24.4 Å². The van der Waals surface area contributed by atoms with Gasteiger partial charge in [0.25, 0.3) is 17.4 Å². The molecular weight excluding hydrogens is 392 g/mol. The molecule has 2 aromatic rings. The normalized spacial score (nSPS) is 18.3. The average molecular weight is 414 g/mol. The van der Waals surface area contributed by atoms with E-state index in [1.807, 2.05) is 0 Å². The molecule has 1 aliphatic rings. The predicted molar refractivity (Wildman–Crippen MR) is 107 cm³/mol. The van der Waals surface area contributed by atoms with Crippen molar-refractivity contribution in [3.05, 3.63) is 62.5 Å². The molecule has 0 radical (unpaired) electrons. The second kappa shape index (κ2) is 8.07. The van der Waals surface area contributed by atoms with Crippen LogP contribution < -0.4 is 0 Å². The predicted octanol–water partition coefficient (Wildman–Crippen LogP) is 2.01. The molecule has 0 bridgehead atoms. The lowest BCUT2D eigenvalue weighted by Gasteiger charge is -2.25. The molecule has 30 heavy (non-hydrogen) atoms. The van der Waals surface area contributed by atoms with Crippen molar-refractivity contribution >= 4 is 23.1 Å². The summed E-state index contributed by atoms with van der Waals surface area (Å²) >= 11 is 0. The van der Waals surface area contributed by atoms with Gasteiger partial charge < -0.3 is 14.7 Å². The summed E-state index contributed by atoms with van der Waals surface area (Å²) in [4.78, 5) is 37.6. The molecule has 0 saturated carbocycles. The van der Waals surface area contributed by atoms with Gasteiger partial charge in [0.05, 0.1) is 34.4 Å². The van der Waals surface area contributed by atoms with Gasteiger partial charge in [-0.2, -0.15) is 5.10 Å². The number of rotatable bonds is 6. The highest BCUT2D eigenvalue weighted by molar-refractivity contribution is 6.46. The van der Waals surface area contributed by atoms with E-state index in [9.17, 15) is 24.8 Å². The molecule has 1 saturated heterocycles. The molecule has 0 spiro atoms. The van der Waals surface area contributed by atoms with Gasteiger partial charge >= 0.3 is 0 Å². The molecule has 1 fully saturated rings. The van der Waals surface area contributed by atoms with Crippen LogP contribution >= 0.6 is 0 Å². The summed E-state index contributed by atoms with van der Waals surface area (Å²) in [5.74, 6) is -2.01. The summed E-state index contributed by atoms with van der Waals surface area (Å²) in [7, 11) is 3.16. The van der Waals surface area contributed by atoms with Gasteiger partial charge in [0, 0.05) is 38.5 Å². The van der Waals surface area contributed by atoms with Crippen LogP contribution in [0.15, 0.2) is 29.8 Å². The van der Waals surface area contributed by atoms with E-state index in [1.54, 1.807) is 31.6 Å². The second-order valence-corrected chi connectivity index (χ2v) is 7.01. The topological polar surface area (TPSA) is 128 Å². The Hall–Kier alpha value is -3.53. The monoisotopic (exact) mass is 414 g/mol. The minimum absolute atomic E-state index is 0.0796. The lowest BCUT2D eigenvalue weighted by molar-refractivity contribution is -0.384. The molecule has 1 N–H and O–H groups in total. The molecule has 10 nitrogen and oxygen atoms in total. The summed E-state index contributed by atoms with van der Waals surface area (Å²) in [5.41, 5.74) is 1.51. The van der Waals surface area contributed by atoms with Gasteiger partial charge in [-0.3, -0.25) is 24.4 Å². The van der Waals surface area contributed by atoms with E-state index in [1.165, 1.54) is 30.2 Å². The molecule has 1 aromatic carbocycles. The lowest BCUT2D eigenvalue weighted by atomic mass is 9.94. The number of carbonyl (C=O) groups excluding carboxylic acids is 2. The van der Waals surface area contributed by atoms with Crippen molar-refractivity contribution in [2.24, 2.45) is 7.05 Å². The Bertz CT molecular complexity index is 1070. The summed E-state index contributed by atoms with van der Waals surface area (Å²) < 4.78 is 6.61. The van der Waals surface area contributed by atoms with Gasteiger partial charge in [0.15, 0.2) is 0 Å². The Morgan fingerprint density at radius 1 is 1.33 bits per heavy atom. The van der Waals surface area contributed by atoms with Gasteiger partial charge in [-0.05, 0) is 19.4 Å². The van der Waals surface area contributed by atoms with Crippen LogP contribution in [-0.2, 0) is 21.4 Å². The van der Waals surface area contributed by atoms with E-state index < -0.39 is 22.7 Å². The van der Waals surface area contributed by atoms with Crippen molar-refractivity contribution in [2.45, 2.75) is 19.9 Å². The number of non-ortho nitro benzene ring substituents is 1. The lowest BCUT2D eigenvalue weighted by Crippen LogP contribution is -2.32. The third-order valence-electron chi connectivity index (χ3n) is 5.22. The number of nitrogens with zero attached hydrogens (tertiary/aromatic N) is 4. The van der Waals surface area contributed by atoms with Gasteiger partial charge in [0.2, 0.25) is 0 Å². The maximum absolute atomic E-state index is 12.9. The Balaban J connectivity index is 2.25. The summed E-state index contributed by atoms with van der Waals surface area (Å²) in [6, 6.07) is 4.69. The number of benzene rings is 1. The maximum atomic E-state index is 12.9. The largest absolute Gasteiger partial charge is 0.507 e. The standard InChI is InChI=1S/C20H22N4O6/c1-11-15(12(2)22(3)21-11)18(25)16-17(13-6-5-7-14(10-13)24(28)29)23(8-9-30-4)20(27)19(16)26/h5-7,10,17,25H,8-9H2,1-4H3/b18-16+. The van der Waals surface area contributed by atoms with Crippen LogP contribution in [0.2, 0.25) is 0 Å². The fourth-order valence-corrected chi connectivity index (χ4v) is 3.71. The highest BCUT2D eigenvalue weighted by Gasteiger charge is 2.46. The van der Waals surface area contributed by atoms with Crippen molar-refractivity contribution in [1.29, 1.82) is 0 Å². The molecule has 2 heterocycles. The molecule has 0 aliphatic carbocycles. The van der Waals surface area contributed by atoms with Gasteiger partial charge in [-0.1, -0.05) is 12.1 Å². The first-order valence-corrected chi connectivity index (χ1v) is 9.21. The van der Waals surface area contributed by atoms with Crippen LogP contribution in [0.1, 0.15) is 28.6 Å². The zero-order valence-corrected chi connectivity index (χ0v) is 17.1. The highest BCUT2D eigenvalue weighted by Crippen LogP contribution is 2.40. The SMILES string of the molecule is COCCN1C(=O)C(=O)/C(=C(/O)c2c(C)nn(C)c2C)C1c1cccc([N+](=O)[O-])c1. The summed E-state index contributed by atoms with van der Waals surface area (Å²) in [5, 5.41) is 26.6. The van der Waals surface area contributed by atoms with E-state index >= 15 is 0 Å². The van der Waals surface area contributed by atoms with Crippen molar-refractivity contribution in [2.75, 3.05) is 20.3 Å². The number of hydrogen-bond acceptors (Lipinski definition) is 7. The summed E-state index contributed by atoms with van der Waals surface area (Å²) in [6.07, 6.45) is 0. The van der Waals surface area contributed by atoms with E-state index in [2.05, 4.69) is 5.10 Å². The molecule has 3 rings (SSSR count). The van der Waals surface area contributed by atoms with E-state index in [0.29, 0.717) is 22.5 Å². The first-order valence-electron chi connectivity index (χ1n) is 9.21. The van der Waals surface area contributed by atoms with Crippen LogP contribution in [0.5, 0.6) is 0 Å². The number of amides is 1. The zero-order chi connectivity index (χ0) is 22.2. The molecule has 158 valence electrons. The van der Waals surface area contributed by atoms with Crippen LogP contribution in [-0.4, -0.2) is 56.7 Å². The van der Waals surface area contributed by atoms with Crippen molar-refractivity contribution in [1.82, 2.24) is 14.7 Å². The van der Waals surface area contributed by atoms with Crippen molar-refractivity contribution in [3.8, 4) is 0 Å². The van der Waals surface area contributed by atoms with Crippen LogP contribution in [0, 0.1) is 24.0 Å². The van der Waals surface area contributed by atoms with Gasteiger partial charge in [-0.25, -0.2) is 0 Å². The van der Waals surface area contributed by atoms with E-state index in [-0.39, 0.29) is 30.2 Å². The first-order chi connectivity index (χ1) is 14.2. The first kappa shape index (κ1) is 21.2. The molecular formula is C20H22N4O6. The second-order valence-electron chi connectivity index (χ2n) is 7.01. The minimum atomic E-state index is -0.987. The fourth-order valence-electron chi connectivity index (χ4n) is 3.71. The Morgan fingerprint density at radius 2 is 2.03 bits per heavy atom. The number of carbonyl (C=O) groups is 2. The number of methoxy groups -OCH3 is 1. The number of hydrogen-bond donors (Lipinski definition) is 1.